The maximum absolute atomic E-state index is 16.7. The van der Waals surface area contributed by atoms with Gasteiger partial charge in [0, 0.05) is 22.6 Å². The van der Waals surface area contributed by atoms with Crippen LogP contribution in [-0.2, 0) is 6.18 Å². The van der Waals surface area contributed by atoms with Crippen LogP contribution in [0.3, 0.4) is 0 Å². The Morgan fingerprint density at radius 3 is 2.41 bits per heavy atom. The Balaban J connectivity index is 1.40. The normalized spacial score (nSPS) is 19.5. The van der Waals surface area contributed by atoms with E-state index in [9.17, 15) is 17.6 Å². The summed E-state index contributed by atoms with van der Waals surface area (Å²) in [5.74, 6) is -1.79. The Kier molecular flexibility index (Phi) is 7.51. The first-order valence-electron chi connectivity index (χ1n) is 15.2. The fourth-order valence-electron chi connectivity index (χ4n) is 7.34. The second-order valence-corrected chi connectivity index (χ2v) is 13.3. The van der Waals surface area contributed by atoms with Crippen LogP contribution in [0.5, 0.6) is 6.01 Å². The number of hydrogen-bond donors (Lipinski definition) is 2. The molecule has 1 saturated carbocycles. The topological polar surface area (TPSA) is 89.2 Å². The molecule has 2 saturated heterocycles. The molecule has 0 radical (unpaired) electrons. The number of thiazole rings is 1. The minimum atomic E-state index is -4.95. The van der Waals surface area contributed by atoms with Crippen LogP contribution in [0, 0.1) is 11.6 Å². The van der Waals surface area contributed by atoms with E-state index in [-0.39, 0.29) is 55.2 Å². The number of ether oxygens (including phenoxy) is 1. The summed E-state index contributed by atoms with van der Waals surface area (Å²) in [6.45, 7) is 2.29. The number of alkyl halides is 3. The summed E-state index contributed by atoms with van der Waals surface area (Å²) in [6.07, 6.45) is 4.88. The van der Waals surface area contributed by atoms with Crippen LogP contribution < -0.4 is 15.8 Å². The van der Waals surface area contributed by atoms with Crippen LogP contribution in [0.25, 0.3) is 32.2 Å². The van der Waals surface area contributed by atoms with Crippen molar-refractivity contribution >= 4 is 43.4 Å². The Bertz CT molecular complexity index is 1710. The molecule has 2 aliphatic heterocycles. The van der Waals surface area contributed by atoms with Gasteiger partial charge in [-0.2, -0.15) is 23.1 Å². The van der Waals surface area contributed by atoms with Crippen molar-refractivity contribution in [2.75, 3.05) is 30.7 Å². The van der Waals surface area contributed by atoms with E-state index < -0.39 is 28.9 Å². The first-order chi connectivity index (χ1) is 21.1. The molecule has 3 aliphatic rings. The number of nitrogens with two attached hydrogens (primary N) is 1. The van der Waals surface area contributed by atoms with Gasteiger partial charge in [0.25, 0.3) is 0 Å². The molecule has 0 amide bonds. The molecule has 13 heteroatoms. The minimum absolute atomic E-state index is 0.0334. The van der Waals surface area contributed by atoms with Crippen molar-refractivity contribution in [3.63, 3.8) is 0 Å². The monoisotopic (exact) mass is 632 g/mol. The molecular formula is C31H33F5N6OS. The second kappa shape index (κ2) is 11.2. The molecule has 4 aromatic rings. The summed E-state index contributed by atoms with van der Waals surface area (Å²) in [7, 11) is 0. The molecule has 0 spiro atoms. The molecule has 2 aromatic heterocycles. The summed E-state index contributed by atoms with van der Waals surface area (Å²) in [5.41, 5.74) is 3.01. The Morgan fingerprint density at radius 2 is 1.70 bits per heavy atom. The highest BCUT2D eigenvalue weighted by Gasteiger charge is 2.45. The van der Waals surface area contributed by atoms with E-state index in [0.29, 0.717) is 6.61 Å². The number of rotatable bonds is 6. The molecule has 0 atom stereocenters. The molecule has 7 rings (SSSR count). The summed E-state index contributed by atoms with van der Waals surface area (Å²) in [5, 5.41) is 3.20. The highest BCUT2D eigenvalue weighted by molar-refractivity contribution is 7.22. The lowest BCUT2D eigenvalue weighted by Gasteiger charge is -2.31. The fraction of sp³-hybridized carbons (Fsp3) is 0.516. The van der Waals surface area contributed by atoms with Gasteiger partial charge >= 0.3 is 12.2 Å². The summed E-state index contributed by atoms with van der Waals surface area (Å²) >= 11 is 0.790. The maximum atomic E-state index is 16.7. The van der Waals surface area contributed by atoms with E-state index in [1.807, 2.05) is 0 Å². The second-order valence-electron chi connectivity index (χ2n) is 12.2. The predicted octanol–water partition coefficient (Wildman–Crippen LogP) is 7.93. The standard InChI is InChI=1S/C31H33F5N6OS/c32-21-10-9-18(25-26(21)44-28(37)39-25)22-20(31(34,35)36)15-19-24(23(22)33)40-29(41-27(19)38-17-7-3-1-2-4-8-17)43-16-30-11-5-13-42(30)14-6-12-30/h9-10,15,17H,1-8,11-14,16H2,(H2,37,39)(H,38,40,41). The van der Waals surface area contributed by atoms with Crippen molar-refractivity contribution < 1.29 is 26.7 Å². The quantitative estimate of drug-likeness (QED) is 0.165. The van der Waals surface area contributed by atoms with E-state index in [4.69, 9.17) is 10.5 Å². The zero-order valence-electron chi connectivity index (χ0n) is 24.1. The largest absolute Gasteiger partial charge is 0.461 e. The van der Waals surface area contributed by atoms with Crippen LogP contribution in [0.1, 0.15) is 69.8 Å². The Hall–Kier alpha value is -3.32. The number of nitrogens with one attached hydrogen (secondary N) is 1. The number of halogens is 5. The van der Waals surface area contributed by atoms with Crippen LogP contribution in [0.4, 0.5) is 32.9 Å². The van der Waals surface area contributed by atoms with Crippen LogP contribution >= 0.6 is 11.3 Å². The number of nitrogens with zero attached hydrogens (tertiary/aromatic N) is 4. The van der Waals surface area contributed by atoms with Gasteiger partial charge in [0.2, 0.25) is 0 Å². The molecule has 1 aliphatic carbocycles. The number of aromatic nitrogens is 3. The van der Waals surface area contributed by atoms with Crippen molar-refractivity contribution in [1.82, 2.24) is 19.9 Å². The van der Waals surface area contributed by atoms with E-state index in [1.165, 1.54) is 0 Å². The van der Waals surface area contributed by atoms with Crippen LogP contribution in [-0.4, -0.2) is 51.1 Å². The number of anilines is 2. The van der Waals surface area contributed by atoms with Gasteiger partial charge in [-0.3, -0.25) is 4.90 Å². The van der Waals surface area contributed by atoms with Crippen LogP contribution in [0.15, 0.2) is 18.2 Å². The highest BCUT2D eigenvalue weighted by Crippen LogP contribution is 2.46. The van der Waals surface area contributed by atoms with E-state index >= 15 is 4.39 Å². The Labute approximate surface area is 255 Å². The minimum Gasteiger partial charge on any atom is -0.461 e. The van der Waals surface area contributed by atoms with Crippen molar-refractivity contribution in [3.8, 4) is 17.1 Å². The summed E-state index contributed by atoms with van der Waals surface area (Å²) in [4.78, 5) is 15.4. The molecule has 0 bridgehead atoms. The molecule has 234 valence electrons. The van der Waals surface area contributed by atoms with Crippen molar-refractivity contribution in [2.24, 2.45) is 0 Å². The van der Waals surface area contributed by atoms with Crippen molar-refractivity contribution in [1.29, 1.82) is 0 Å². The summed E-state index contributed by atoms with van der Waals surface area (Å²) < 4.78 is 81.5. The highest BCUT2D eigenvalue weighted by atomic mass is 32.1. The molecular weight excluding hydrogens is 599 g/mol. The van der Waals surface area contributed by atoms with Gasteiger partial charge in [-0.05, 0) is 69.8 Å². The van der Waals surface area contributed by atoms with Gasteiger partial charge in [0.05, 0.1) is 21.3 Å². The summed E-state index contributed by atoms with van der Waals surface area (Å²) in [6, 6.07) is 2.87. The van der Waals surface area contributed by atoms with Crippen molar-refractivity contribution in [2.45, 2.75) is 82.0 Å². The molecule has 3 N–H and O–H groups in total. The SMILES string of the molecule is Nc1nc2c(-c3c(C(F)(F)F)cc4c(NC5CCCCCC5)nc(OCC56CCCN5CCC6)nc4c3F)ccc(F)c2s1. The first-order valence-corrected chi connectivity index (χ1v) is 16.1. The van der Waals surface area contributed by atoms with E-state index in [0.717, 1.165) is 107 Å². The van der Waals surface area contributed by atoms with Crippen molar-refractivity contribution in [3.05, 3.63) is 35.4 Å². The van der Waals surface area contributed by atoms with Gasteiger partial charge < -0.3 is 15.8 Å². The average Bonchev–Trinajstić information content (AvgIpc) is 3.62. The number of hydrogen-bond acceptors (Lipinski definition) is 8. The molecule has 2 aromatic carbocycles. The lowest BCUT2D eigenvalue weighted by Crippen LogP contribution is -2.43. The van der Waals surface area contributed by atoms with Gasteiger partial charge in [-0.1, -0.05) is 37.0 Å². The van der Waals surface area contributed by atoms with E-state index in [2.05, 4.69) is 25.2 Å². The lowest BCUT2D eigenvalue weighted by molar-refractivity contribution is -0.137. The number of fused-ring (bicyclic) bond motifs is 3. The zero-order valence-corrected chi connectivity index (χ0v) is 24.9. The number of nitrogen functional groups attached to an aromatic ring is 1. The molecule has 7 nitrogen and oxygen atoms in total. The fourth-order valence-corrected chi connectivity index (χ4v) is 8.10. The third kappa shape index (κ3) is 5.21. The van der Waals surface area contributed by atoms with Gasteiger partial charge in [-0.15, -0.1) is 0 Å². The van der Waals surface area contributed by atoms with Gasteiger partial charge in [0.1, 0.15) is 23.8 Å². The lowest BCUT2D eigenvalue weighted by atomic mass is 9.95. The molecule has 3 fully saturated rings. The number of benzene rings is 2. The third-order valence-corrected chi connectivity index (χ3v) is 10.4. The Morgan fingerprint density at radius 1 is 0.977 bits per heavy atom. The van der Waals surface area contributed by atoms with Gasteiger partial charge in [0.15, 0.2) is 10.9 Å². The smallest absolute Gasteiger partial charge is 0.417 e. The third-order valence-electron chi connectivity index (χ3n) is 9.47. The average molecular weight is 633 g/mol. The zero-order chi connectivity index (χ0) is 30.6. The van der Waals surface area contributed by atoms with Crippen LogP contribution in [0.2, 0.25) is 0 Å². The molecule has 44 heavy (non-hydrogen) atoms. The van der Waals surface area contributed by atoms with Gasteiger partial charge in [-0.25, -0.2) is 13.8 Å². The molecule has 4 heterocycles. The predicted molar refractivity (Wildman–Crippen MR) is 161 cm³/mol. The maximum Gasteiger partial charge on any atom is 0.417 e. The first kappa shape index (κ1) is 29.4. The van der Waals surface area contributed by atoms with E-state index in [1.54, 1.807) is 0 Å². The molecule has 0 unspecified atom stereocenters.